The molecule has 1 fully saturated rings. The van der Waals surface area contributed by atoms with Crippen LogP contribution in [0, 0.1) is 5.41 Å². The Labute approximate surface area is 183 Å². The molecular formula is C23H28N2O5S. The van der Waals surface area contributed by atoms with E-state index in [9.17, 15) is 13.2 Å². The molecule has 4 rings (SSSR count). The van der Waals surface area contributed by atoms with Gasteiger partial charge in [-0.15, -0.1) is 0 Å². The van der Waals surface area contributed by atoms with Crippen LogP contribution in [0.15, 0.2) is 47.4 Å². The maximum Gasteiger partial charge on any atom is 0.240 e. The number of hydrogen-bond acceptors (Lipinski definition) is 5. The summed E-state index contributed by atoms with van der Waals surface area (Å²) in [6, 6.07) is 11.9. The third-order valence-electron chi connectivity index (χ3n) is 5.68. The Hall–Kier alpha value is -2.58. The molecule has 2 N–H and O–H groups in total. The zero-order valence-corrected chi connectivity index (χ0v) is 18.8. The summed E-state index contributed by atoms with van der Waals surface area (Å²) in [6.45, 7) is 6.72. The monoisotopic (exact) mass is 444 g/mol. The molecule has 0 aromatic heterocycles. The Morgan fingerprint density at radius 1 is 1.06 bits per heavy atom. The van der Waals surface area contributed by atoms with Gasteiger partial charge in [-0.05, 0) is 60.6 Å². The van der Waals surface area contributed by atoms with E-state index < -0.39 is 15.4 Å². The molecule has 2 aromatic rings. The van der Waals surface area contributed by atoms with Crippen molar-refractivity contribution in [3.8, 4) is 11.5 Å². The Morgan fingerprint density at radius 3 is 2.52 bits per heavy atom. The number of benzene rings is 2. The zero-order valence-electron chi connectivity index (χ0n) is 18.0. The lowest BCUT2D eigenvalue weighted by molar-refractivity contribution is -0.118. The van der Waals surface area contributed by atoms with Crippen LogP contribution in [0.4, 0.5) is 5.69 Å². The summed E-state index contributed by atoms with van der Waals surface area (Å²) >= 11 is 0. The summed E-state index contributed by atoms with van der Waals surface area (Å²) in [5.74, 6) is 1.17. The molecule has 7 nitrogen and oxygen atoms in total. The van der Waals surface area contributed by atoms with Crippen LogP contribution in [-0.2, 0) is 20.2 Å². The molecule has 0 saturated heterocycles. The van der Waals surface area contributed by atoms with Gasteiger partial charge >= 0.3 is 0 Å². The van der Waals surface area contributed by atoms with Crippen molar-refractivity contribution in [2.45, 2.75) is 50.3 Å². The molecular weight excluding hydrogens is 416 g/mol. The number of sulfonamides is 1. The van der Waals surface area contributed by atoms with Gasteiger partial charge in [0.2, 0.25) is 22.7 Å². The van der Waals surface area contributed by atoms with Crippen LogP contribution in [0.1, 0.15) is 45.6 Å². The maximum absolute atomic E-state index is 13.1. The molecule has 0 unspecified atom stereocenters. The topological polar surface area (TPSA) is 93.7 Å². The molecule has 8 heteroatoms. The molecule has 0 radical (unpaired) electrons. The Bertz CT molecular complexity index is 1100. The van der Waals surface area contributed by atoms with Crippen molar-refractivity contribution in [1.29, 1.82) is 0 Å². The van der Waals surface area contributed by atoms with Crippen LogP contribution in [0.3, 0.4) is 0 Å². The molecule has 1 amide bonds. The van der Waals surface area contributed by atoms with E-state index in [1.165, 1.54) is 12.1 Å². The van der Waals surface area contributed by atoms with Gasteiger partial charge in [0, 0.05) is 12.2 Å². The molecule has 166 valence electrons. The Balaban J connectivity index is 1.47. The standard InChI is InChI=1S/C23H28N2O5S/c1-22(2,3)11-12-24-31(27,28)18-6-4-5-17(14-18)25-21(26)23(9-10-23)16-7-8-19-20(13-16)30-15-29-19/h4-8,13-14,24H,9-12,15H2,1-3H3,(H,25,26). The van der Waals surface area contributed by atoms with Gasteiger partial charge in [-0.25, -0.2) is 13.1 Å². The third-order valence-corrected chi connectivity index (χ3v) is 7.14. The fraction of sp³-hybridized carbons (Fsp3) is 0.435. The normalized spacial score (nSPS) is 16.7. The second kappa shape index (κ2) is 7.84. The highest BCUT2D eigenvalue weighted by Crippen LogP contribution is 2.51. The SMILES string of the molecule is CC(C)(C)CCNS(=O)(=O)c1cccc(NC(=O)C2(c3ccc4c(c3)OCO4)CC2)c1. The fourth-order valence-corrected chi connectivity index (χ4v) is 4.68. The number of anilines is 1. The number of nitrogens with one attached hydrogen (secondary N) is 2. The molecule has 1 aliphatic carbocycles. The van der Waals surface area contributed by atoms with E-state index in [0.29, 0.717) is 23.7 Å². The van der Waals surface area contributed by atoms with Crippen LogP contribution in [-0.4, -0.2) is 27.7 Å². The minimum absolute atomic E-state index is 0.0334. The van der Waals surface area contributed by atoms with E-state index in [4.69, 9.17) is 9.47 Å². The van der Waals surface area contributed by atoms with Gasteiger partial charge in [-0.2, -0.15) is 0 Å². The zero-order chi connectivity index (χ0) is 22.3. The van der Waals surface area contributed by atoms with Crippen LogP contribution in [0.5, 0.6) is 11.5 Å². The predicted molar refractivity (Wildman–Crippen MR) is 118 cm³/mol. The minimum Gasteiger partial charge on any atom is -0.454 e. The van der Waals surface area contributed by atoms with Crippen molar-refractivity contribution in [2.24, 2.45) is 5.41 Å². The van der Waals surface area contributed by atoms with Crippen molar-refractivity contribution >= 4 is 21.6 Å². The molecule has 2 aliphatic rings. The molecule has 31 heavy (non-hydrogen) atoms. The Kier molecular flexibility index (Phi) is 5.47. The summed E-state index contributed by atoms with van der Waals surface area (Å²) in [6.07, 6.45) is 2.18. The van der Waals surface area contributed by atoms with Gasteiger partial charge in [0.05, 0.1) is 10.3 Å². The van der Waals surface area contributed by atoms with Crippen LogP contribution >= 0.6 is 0 Å². The lowest BCUT2D eigenvalue weighted by Crippen LogP contribution is -2.29. The van der Waals surface area contributed by atoms with Gasteiger partial charge < -0.3 is 14.8 Å². The van der Waals surface area contributed by atoms with E-state index in [2.05, 4.69) is 30.8 Å². The van der Waals surface area contributed by atoms with E-state index in [1.807, 2.05) is 18.2 Å². The predicted octanol–water partition coefficient (Wildman–Crippen LogP) is 3.80. The van der Waals surface area contributed by atoms with Gasteiger partial charge in [-0.1, -0.05) is 32.9 Å². The first-order chi connectivity index (χ1) is 14.6. The highest BCUT2D eigenvalue weighted by Gasteiger charge is 2.51. The number of amides is 1. The number of ether oxygens (including phenoxy) is 2. The molecule has 1 saturated carbocycles. The average molecular weight is 445 g/mol. The smallest absolute Gasteiger partial charge is 0.240 e. The van der Waals surface area contributed by atoms with Gasteiger partial charge in [0.1, 0.15) is 0 Å². The summed E-state index contributed by atoms with van der Waals surface area (Å²) in [4.78, 5) is 13.2. The maximum atomic E-state index is 13.1. The lowest BCUT2D eigenvalue weighted by Gasteiger charge is -2.18. The second-order valence-corrected chi connectivity index (χ2v) is 11.1. The summed E-state index contributed by atoms with van der Waals surface area (Å²) in [5, 5.41) is 2.90. The summed E-state index contributed by atoms with van der Waals surface area (Å²) in [7, 11) is -3.65. The van der Waals surface area contributed by atoms with E-state index in [0.717, 1.165) is 24.8 Å². The van der Waals surface area contributed by atoms with Crippen molar-refractivity contribution < 1.29 is 22.7 Å². The van der Waals surface area contributed by atoms with Crippen LogP contribution in [0.25, 0.3) is 0 Å². The number of hydrogen-bond donors (Lipinski definition) is 2. The van der Waals surface area contributed by atoms with Gasteiger partial charge in [0.25, 0.3) is 0 Å². The lowest BCUT2D eigenvalue weighted by atomic mass is 9.93. The van der Waals surface area contributed by atoms with Crippen LogP contribution < -0.4 is 19.5 Å². The quantitative estimate of drug-likeness (QED) is 0.678. The average Bonchev–Trinajstić information content (AvgIpc) is 3.38. The number of carbonyl (C=O) groups is 1. The number of rotatable bonds is 7. The van der Waals surface area contributed by atoms with E-state index in [-0.39, 0.29) is 23.0 Å². The van der Waals surface area contributed by atoms with Crippen molar-refractivity contribution in [1.82, 2.24) is 4.72 Å². The molecule has 2 aromatic carbocycles. The van der Waals surface area contributed by atoms with E-state index >= 15 is 0 Å². The molecule has 0 spiro atoms. The first-order valence-corrected chi connectivity index (χ1v) is 11.9. The molecule has 0 atom stereocenters. The largest absolute Gasteiger partial charge is 0.454 e. The first-order valence-electron chi connectivity index (χ1n) is 10.4. The van der Waals surface area contributed by atoms with Gasteiger partial charge in [-0.3, -0.25) is 4.79 Å². The highest BCUT2D eigenvalue weighted by molar-refractivity contribution is 7.89. The van der Waals surface area contributed by atoms with Crippen molar-refractivity contribution in [3.05, 3.63) is 48.0 Å². The van der Waals surface area contributed by atoms with Crippen molar-refractivity contribution in [2.75, 3.05) is 18.7 Å². The number of fused-ring (bicyclic) bond motifs is 1. The fourth-order valence-electron chi connectivity index (χ4n) is 3.60. The highest BCUT2D eigenvalue weighted by atomic mass is 32.2. The second-order valence-electron chi connectivity index (χ2n) is 9.34. The molecule has 0 bridgehead atoms. The summed E-state index contributed by atoms with van der Waals surface area (Å²) < 4.78 is 38.7. The number of carbonyl (C=O) groups excluding carboxylic acids is 1. The molecule has 1 heterocycles. The van der Waals surface area contributed by atoms with Gasteiger partial charge in [0.15, 0.2) is 11.5 Å². The van der Waals surface area contributed by atoms with Crippen LogP contribution in [0.2, 0.25) is 0 Å². The first kappa shape index (κ1) is 21.6. The Morgan fingerprint density at radius 2 is 1.81 bits per heavy atom. The minimum atomic E-state index is -3.65. The summed E-state index contributed by atoms with van der Waals surface area (Å²) in [5.41, 5.74) is 0.740. The molecule has 1 aliphatic heterocycles. The third kappa shape index (κ3) is 4.70. The van der Waals surface area contributed by atoms with Crippen molar-refractivity contribution in [3.63, 3.8) is 0 Å². The van der Waals surface area contributed by atoms with E-state index in [1.54, 1.807) is 12.1 Å².